The second-order valence-electron chi connectivity index (χ2n) is 3.63. The van der Waals surface area contributed by atoms with E-state index in [2.05, 4.69) is 18.3 Å². The van der Waals surface area contributed by atoms with Crippen LogP contribution >= 0.6 is 0 Å². The maximum absolute atomic E-state index is 5.67. The van der Waals surface area contributed by atoms with Gasteiger partial charge in [0, 0.05) is 32.0 Å². The Bertz CT molecular complexity index is 137. The second kappa shape index (κ2) is 12.7. The molecule has 17 heavy (non-hydrogen) atoms. The Morgan fingerprint density at radius 3 is 1.24 bits per heavy atom. The molecule has 0 saturated carbocycles. The molecule has 0 aromatic rings. The van der Waals surface area contributed by atoms with Crippen molar-refractivity contribution in [2.45, 2.75) is 47.1 Å². The molecule has 0 unspecified atom stereocenters. The first-order valence-corrected chi connectivity index (χ1v) is 9.07. The summed E-state index contributed by atoms with van der Waals surface area (Å²) < 4.78 is 21.7. The van der Waals surface area contributed by atoms with E-state index in [0.29, 0.717) is 25.4 Å². The van der Waals surface area contributed by atoms with Crippen LogP contribution in [0.4, 0.5) is 0 Å². The largest absolute Gasteiger partial charge is 0.503 e. The van der Waals surface area contributed by atoms with Crippen molar-refractivity contribution in [3.05, 3.63) is 0 Å². The average molecular weight is 283 g/mol. The Kier molecular flexibility index (Phi) is 14.7. The van der Waals surface area contributed by atoms with Crippen molar-refractivity contribution in [2.24, 2.45) is 0 Å². The summed E-state index contributed by atoms with van der Waals surface area (Å²) in [5, 5.41) is 0. The third-order valence-electron chi connectivity index (χ3n) is 2.03. The summed E-state index contributed by atoms with van der Waals surface area (Å²) in [6.07, 6.45) is 0. The molecule has 4 nitrogen and oxygen atoms in total. The van der Waals surface area contributed by atoms with Crippen LogP contribution in [0.25, 0.3) is 0 Å². The number of hydrogen-bond acceptors (Lipinski definition) is 4. The molecule has 0 rings (SSSR count). The average Bonchev–Trinajstić information content (AvgIpc) is 2.30. The van der Waals surface area contributed by atoms with E-state index >= 15 is 0 Å². The van der Waals surface area contributed by atoms with Crippen molar-refractivity contribution in [3.8, 4) is 0 Å². The highest BCUT2D eigenvalue weighted by Crippen LogP contribution is 2.24. The van der Waals surface area contributed by atoms with E-state index in [1.807, 2.05) is 27.7 Å². The van der Waals surface area contributed by atoms with Crippen LogP contribution < -0.4 is 0 Å². The highest BCUT2D eigenvalue weighted by Gasteiger charge is 2.44. The molecular formula is C11H30O4Si2. The molecule has 0 amide bonds. The lowest BCUT2D eigenvalue weighted by Crippen LogP contribution is -2.48. The lowest BCUT2D eigenvalue weighted by molar-refractivity contribution is 0.0641. The minimum Gasteiger partial charge on any atom is -0.428 e. The van der Waals surface area contributed by atoms with E-state index in [1.165, 1.54) is 0 Å². The van der Waals surface area contributed by atoms with Crippen LogP contribution in [0.1, 0.15) is 41.5 Å². The van der Waals surface area contributed by atoms with Gasteiger partial charge in [-0.15, -0.1) is 0 Å². The molecule has 0 atom stereocenters. The zero-order valence-corrected chi connectivity index (χ0v) is 15.5. The van der Waals surface area contributed by atoms with Crippen LogP contribution in [0.5, 0.6) is 0 Å². The molecular weight excluding hydrogens is 252 g/mol. The minimum absolute atomic E-state index is 0.326. The molecule has 106 valence electrons. The Balaban J connectivity index is 0. The maximum Gasteiger partial charge on any atom is 0.503 e. The van der Waals surface area contributed by atoms with Gasteiger partial charge in [-0.2, -0.15) is 0 Å². The zero-order valence-electron chi connectivity index (χ0n) is 12.5. The summed E-state index contributed by atoms with van der Waals surface area (Å²) in [5.74, 6) is 0. The molecule has 0 aromatic heterocycles. The van der Waals surface area contributed by atoms with Gasteiger partial charge >= 0.3 is 8.80 Å². The van der Waals surface area contributed by atoms with Crippen LogP contribution in [0.3, 0.4) is 0 Å². The van der Waals surface area contributed by atoms with E-state index in [9.17, 15) is 0 Å². The molecule has 0 aliphatic rings. The molecule has 0 saturated heterocycles. The molecule has 0 aliphatic carbocycles. The molecule has 0 fully saturated rings. The molecule has 0 bridgehead atoms. The quantitative estimate of drug-likeness (QED) is 0.636. The lowest BCUT2D eigenvalue weighted by atomic mass is 10.6. The van der Waals surface area contributed by atoms with Gasteiger partial charge in [0.15, 0.2) is 0 Å². The van der Waals surface area contributed by atoms with Gasteiger partial charge in [-0.25, -0.2) is 0 Å². The van der Waals surface area contributed by atoms with Crippen LogP contribution in [0, 0.1) is 0 Å². The van der Waals surface area contributed by atoms with Crippen LogP contribution in [-0.2, 0) is 17.7 Å². The van der Waals surface area contributed by atoms with Crippen molar-refractivity contribution < 1.29 is 17.7 Å². The van der Waals surface area contributed by atoms with Gasteiger partial charge in [0.2, 0.25) is 0 Å². The number of rotatable bonds is 8. The van der Waals surface area contributed by atoms with E-state index in [1.54, 1.807) is 0 Å². The molecule has 0 aromatic carbocycles. The summed E-state index contributed by atoms with van der Waals surface area (Å²) >= 11 is 0. The van der Waals surface area contributed by atoms with Gasteiger partial charge in [0.25, 0.3) is 0 Å². The summed E-state index contributed by atoms with van der Waals surface area (Å²) in [6, 6.07) is 0. The predicted molar refractivity (Wildman–Crippen MR) is 77.3 cm³/mol. The van der Waals surface area contributed by atoms with Gasteiger partial charge in [-0.05, 0) is 27.7 Å². The van der Waals surface area contributed by atoms with Crippen LogP contribution in [0.15, 0.2) is 0 Å². The summed E-state index contributed by atoms with van der Waals surface area (Å²) in [6.45, 7) is 14.9. The van der Waals surface area contributed by atoms with E-state index in [-0.39, 0.29) is 0 Å². The smallest absolute Gasteiger partial charge is 0.428 e. The molecule has 6 heteroatoms. The van der Waals surface area contributed by atoms with Crippen LogP contribution in [0.2, 0.25) is 5.54 Å². The maximum atomic E-state index is 5.67. The summed E-state index contributed by atoms with van der Waals surface area (Å²) in [4.78, 5) is 0. The third kappa shape index (κ3) is 8.93. The topological polar surface area (TPSA) is 36.9 Å². The fourth-order valence-corrected chi connectivity index (χ4v) is 3.69. The Morgan fingerprint density at radius 1 is 0.824 bits per heavy atom. The number of hydrogen-bond donors (Lipinski definition) is 0. The Hall–Kier alpha value is 0.274. The molecule has 0 heterocycles. The van der Waals surface area contributed by atoms with Crippen molar-refractivity contribution in [1.82, 2.24) is 0 Å². The molecule has 0 radical (unpaired) electrons. The van der Waals surface area contributed by atoms with E-state index in [0.717, 1.165) is 17.1 Å². The molecule has 0 N–H and O–H groups in total. The predicted octanol–water partition coefficient (Wildman–Crippen LogP) is 1.75. The SMILES string of the molecule is CCO[SiH3].CCO[Si](OCC)(OCC)C(C)C. The van der Waals surface area contributed by atoms with E-state index < -0.39 is 8.80 Å². The Labute approximate surface area is 111 Å². The first-order valence-electron chi connectivity index (χ1n) is 6.45. The van der Waals surface area contributed by atoms with Crippen molar-refractivity contribution in [1.29, 1.82) is 0 Å². The van der Waals surface area contributed by atoms with Gasteiger partial charge in [0.1, 0.15) is 10.5 Å². The summed E-state index contributed by atoms with van der Waals surface area (Å²) in [7, 11) is -1.48. The highest BCUT2D eigenvalue weighted by atomic mass is 28.4. The van der Waals surface area contributed by atoms with Gasteiger partial charge in [0.05, 0.1) is 0 Å². The molecule has 0 spiro atoms. The fourth-order valence-electron chi connectivity index (χ4n) is 1.23. The highest BCUT2D eigenvalue weighted by molar-refractivity contribution is 6.62. The van der Waals surface area contributed by atoms with Crippen molar-refractivity contribution >= 4 is 19.3 Å². The first-order chi connectivity index (χ1) is 8.04. The van der Waals surface area contributed by atoms with Gasteiger partial charge < -0.3 is 17.7 Å². The van der Waals surface area contributed by atoms with Gasteiger partial charge in [-0.3, -0.25) is 0 Å². The first kappa shape index (κ1) is 19.6. The standard InChI is InChI=1S/C9H22O3Si.C2H8OSi/c1-6-10-13(9(4)5,11-7-2)12-8-3;1-2-3-4/h9H,6-8H2,1-5H3;2H2,1,4H3. The van der Waals surface area contributed by atoms with Gasteiger partial charge in [-0.1, -0.05) is 13.8 Å². The second-order valence-corrected chi connectivity index (χ2v) is 7.44. The zero-order chi connectivity index (χ0) is 13.7. The van der Waals surface area contributed by atoms with Crippen molar-refractivity contribution in [2.75, 3.05) is 26.4 Å². The molecule has 0 aliphatic heterocycles. The normalized spacial score (nSPS) is 11.5. The minimum atomic E-state index is -2.37. The fraction of sp³-hybridized carbons (Fsp3) is 1.00. The van der Waals surface area contributed by atoms with Crippen molar-refractivity contribution in [3.63, 3.8) is 0 Å². The monoisotopic (exact) mass is 282 g/mol. The third-order valence-corrected chi connectivity index (χ3v) is 6.10. The summed E-state index contributed by atoms with van der Waals surface area (Å²) in [5.41, 5.74) is 0.326. The lowest BCUT2D eigenvalue weighted by Gasteiger charge is -2.31. The Morgan fingerprint density at radius 2 is 1.12 bits per heavy atom. The van der Waals surface area contributed by atoms with Crippen LogP contribution in [-0.4, -0.2) is 45.7 Å². The van der Waals surface area contributed by atoms with E-state index in [4.69, 9.17) is 13.3 Å².